The van der Waals surface area contributed by atoms with Crippen LogP contribution in [0.5, 0.6) is 0 Å². The van der Waals surface area contributed by atoms with Crippen molar-refractivity contribution in [3.63, 3.8) is 0 Å². The number of anilines is 1. The van der Waals surface area contributed by atoms with Gasteiger partial charge in [-0.15, -0.1) is 11.8 Å². The van der Waals surface area contributed by atoms with E-state index >= 15 is 0 Å². The monoisotopic (exact) mass is 286 g/mol. The number of carbonyl (C=O) groups excluding carboxylic acids is 1. The van der Waals surface area contributed by atoms with Crippen molar-refractivity contribution in [3.8, 4) is 0 Å². The third-order valence-electron chi connectivity index (χ3n) is 2.88. The standard InChI is InChI=1S/C16H18N2OS/c1-12-4-3-5-13(10-12)11-17-16(19)18-14-6-8-15(20-2)9-7-14/h3-10H,11H2,1-2H3,(H2,17,18,19). The van der Waals surface area contributed by atoms with Crippen LogP contribution in [0, 0.1) is 6.92 Å². The third-order valence-corrected chi connectivity index (χ3v) is 3.63. The van der Waals surface area contributed by atoms with Gasteiger partial charge in [0.25, 0.3) is 0 Å². The van der Waals surface area contributed by atoms with E-state index < -0.39 is 0 Å². The molecule has 0 fully saturated rings. The molecule has 0 saturated carbocycles. The lowest BCUT2D eigenvalue weighted by Crippen LogP contribution is -2.28. The van der Waals surface area contributed by atoms with E-state index in [4.69, 9.17) is 0 Å². The zero-order valence-electron chi connectivity index (χ0n) is 11.6. The van der Waals surface area contributed by atoms with Gasteiger partial charge < -0.3 is 10.6 Å². The van der Waals surface area contributed by atoms with Crippen molar-refractivity contribution in [2.75, 3.05) is 11.6 Å². The highest BCUT2D eigenvalue weighted by molar-refractivity contribution is 7.98. The first-order valence-electron chi connectivity index (χ1n) is 6.42. The molecular formula is C16H18N2OS. The van der Waals surface area contributed by atoms with Crippen LogP contribution in [0.15, 0.2) is 53.4 Å². The number of aryl methyl sites for hydroxylation is 1. The smallest absolute Gasteiger partial charge is 0.319 e. The van der Waals surface area contributed by atoms with Crippen LogP contribution in [0.1, 0.15) is 11.1 Å². The van der Waals surface area contributed by atoms with Crippen LogP contribution in [-0.4, -0.2) is 12.3 Å². The Kier molecular flexibility index (Phi) is 5.07. The van der Waals surface area contributed by atoms with Gasteiger partial charge in [0.05, 0.1) is 0 Å². The topological polar surface area (TPSA) is 41.1 Å². The Labute approximate surface area is 123 Å². The molecule has 0 unspecified atom stereocenters. The highest BCUT2D eigenvalue weighted by atomic mass is 32.2. The fourth-order valence-electron chi connectivity index (χ4n) is 1.85. The van der Waals surface area contributed by atoms with Gasteiger partial charge >= 0.3 is 6.03 Å². The van der Waals surface area contributed by atoms with E-state index in [0.717, 1.165) is 11.3 Å². The average molecular weight is 286 g/mol. The number of rotatable bonds is 4. The third kappa shape index (κ3) is 4.31. The molecule has 0 aromatic heterocycles. The van der Waals surface area contributed by atoms with Crippen LogP contribution in [0.2, 0.25) is 0 Å². The van der Waals surface area contributed by atoms with Gasteiger partial charge in [-0.05, 0) is 43.0 Å². The molecule has 2 aromatic carbocycles. The first kappa shape index (κ1) is 14.5. The highest BCUT2D eigenvalue weighted by Gasteiger charge is 2.02. The molecule has 0 saturated heterocycles. The number of benzene rings is 2. The summed E-state index contributed by atoms with van der Waals surface area (Å²) in [5.41, 5.74) is 3.08. The number of nitrogens with one attached hydrogen (secondary N) is 2. The first-order chi connectivity index (χ1) is 9.67. The molecule has 0 aliphatic heterocycles. The molecule has 0 radical (unpaired) electrons. The molecular weight excluding hydrogens is 268 g/mol. The van der Waals surface area contributed by atoms with Gasteiger partial charge in [-0.2, -0.15) is 0 Å². The number of urea groups is 1. The summed E-state index contributed by atoms with van der Waals surface area (Å²) >= 11 is 1.68. The predicted octanol–water partition coefficient (Wildman–Crippen LogP) is 4.04. The molecule has 0 aliphatic rings. The summed E-state index contributed by atoms with van der Waals surface area (Å²) in [7, 11) is 0. The Bertz CT molecular complexity index is 581. The molecule has 0 aliphatic carbocycles. The van der Waals surface area contributed by atoms with Crippen LogP contribution in [0.4, 0.5) is 10.5 Å². The lowest BCUT2D eigenvalue weighted by atomic mass is 10.1. The molecule has 2 rings (SSSR count). The van der Waals surface area contributed by atoms with Crippen molar-refractivity contribution >= 4 is 23.5 Å². The SMILES string of the molecule is CSc1ccc(NC(=O)NCc2cccc(C)c2)cc1. The molecule has 0 spiro atoms. The van der Waals surface area contributed by atoms with Gasteiger partial charge in [-0.3, -0.25) is 0 Å². The van der Waals surface area contributed by atoms with E-state index in [9.17, 15) is 4.79 Å². The lowest BCUT2D eigenvalue weighted by molar-refractivity contribution is 0.251. The van der Waals surface area contributed by atoms with Crippen molar-refractivity contribution in [3.05, 3.63) is 59.7 Å². The van der Waals surface area contributed by atoms with E-state index in [1.807, 2.05) is 55.6 Å². The molecule has 4 heteroatoms. The van der Waals surface area contributed by atoms with Crippen molar-refractivity contribution < 1.29 is 4.79 Å². The molecule has 20 heavy (non-hydrogen) atoms. The Hall–Kier alpha value is -1.94. The predicted molar refractivity (Wildman–Crippen MR) is 85.3 cm³/mol. The Morgan fingerprint density at radius 2 is 1.90 bits per heavy atom. The van der Waals surface area contributed by atoms with Crippen molar-refractivity contribution in [2.24, 2.45) is 0 Å². The van der Waals surface area contributed by atoms with Crippen molar-refractivity contribution in [1.29, 1.82) is 0 Å². The molecule has 0 atom stereocenters. The minimum absolute atomic E-state index is 0.191. The van der Waals surface area contributed by atoms with E-state index in [2.05, 4.69) is 16.7 Å². The minimum atomic E-state index is -0.191. The zero-order chi connectivity index (χ0) is 14.4. The normalized spacial score (nSPS) is 10.1. The van der Waals surface area contributed by atoms with Crippen molar-refractivity contribution in [2.45, 2.75) is 18.4 Å². The van der Waals surface area contributed by atoms with Crippen LogP contribution in [-0.2, 0) is 6.54 Å². The van der Waals surface area contributed by atoms with E-state index in [0.29, 0.717) is 6.54 Å². The molecule has 104 valence electrons. The van der Waals surface area contributed by atoms with Crippen LogP contribution in [0.25, 0.3) is 0 Å². The second-order valence-corrected chi connectivity index (χ2v) is 5.40. The maximum Gasteiger partial charge on any atom is 0.319 e. The van der Waals surface area contributed by atoms with Crippen LogP contribution in [0.3, 0.4) is 0 Å². The summed E-state index contributed by atoms with van der Waals surface area (Å²) in [5.74, 6) is 0. The van der Waals surface area contributed by atoms with Gasteiger partial charge in [-0.1, -0.05) is 29.8 Å². The van der Waals surface area contributed by atoms with E-state index in [1.54, 1.807) is 11.8 Å². The Morgan fingerprint density at radius 3 is 2.55 bits per heavy atom. The Balaban J connectivity index is 1.85. The first-order valence-corrected chi connectivity index (χ1v) is 7.64. The van der Waals surface area contributed by atoms with E-state index in [1.165, 1.54) is 10.5 Å². The quantitative estimate of drug-likeness (QED) is 0.833. The molecule has 2 N–H and O–H groups in total. The lowest BCUT2D eigenvalue weighted by Gasteiger charge is -2.08. The highest BCUT2D eigenvalue weighted by Crippen LogP contribution is 2.17. The molecule has 2 aromatic rings. The van der Waals surface area contributed by atoms with Gasteiger partial charge in [0.2, 0.25) is 0 Å². The van der Waals surface area contributed by atoms with Gasteiger partial charge in [0.15, 0.2) is 0 Å². The number of thioether (sulfide) groups is 1. The summed E-state index contributed by atoms with van der Waals surface area (Å²) < 4.78 is 0. The second-order valence-electron chi connectivity index (χ2n) is 4.53. The fourth-order valence-corrected chi connectivity index (χ4v) is 2.26. The fraction of sp³-hybridized carbons (Fsp3) is 0.188. The zero-order valence-corrected chi connectivity index (χ0v) is 12.5. The number of hydrogen-bond acceptors (Lipinski definition) is 2. The average Bonchev–Trinajstić information content (AvgIpc) is 2.46. The molecule has 0 bridgehead atoms. The van der Waals surface area contributed by atoms with E-state index in [-0.39, 0.29) is 6.03 Å². The van der Waals surface area contributed by atoms with Crippen LogP contribution < -0.4 is 10.6 Å². The summed E-state index contributed by atoms with van der Waals surface area (Å²) in [5, 5.41) is 5.67. The largest absolute Gasteiger partial charge is 0.334 e. The molecule has 0 heterocycles. The number of amides is 2. The second kappa shape index (κ2) is 7.01. The van der Waals surface area contributed by atoms with Gasteiger partial charge in [-0.25, -0.2) is 4.79 Å². The maximum absolute atomic E-state index is 11.8. The van der Waals surface area contributed by atoms with Crippen LogP contribution >= 0.6 is 11.8 Å². The summed E-state index contributed by atoms with van der Waals surface area (Å²) in [6, 6.07) is 15.7. The number of carbonyl (C=O) groups is 1. The summed E-state index contributed by atoms with van der Waals surface area (Å²) in [4.78, 5) is 13.0. The maximum atomic E-state index is 11.8. The minimum Gasteiger partial charge on any atom is -0.334 e. The van der Waals surface area contributed by atoms with Crippen molar-refractivity contribution in [1.82, 2.24) is 5.32 Å². The van der Waals surface area contributed by atoms with Gasteiger partial charge in [0.1, 0.15) is 0 Å². The summed E-state index contributed by atoms with van der Waals surface area (Å²) in [6.07, 6.45) is 2.02. The summed E-state index contributed by atoms with van der Waals surface area (Å²) in [6.45, 7) is 2.56. The Morgan fingerprint density at radius 1 is 1.15 bits per heavy atom. The number of hydrogen-bond donors (Lipinski definition) is 2. The van der Waals surface area contributed by atoms with Gasteiger partial charge in [0, 0.05) is 17.1 Å². The molecule has 3 nitrogen and oxygen atoms in total. The molecule has 2 amide bonds.